The number of carbonyl (C=O) groups is 2. The fraction of sp³-hybridized carbons (Fsp3) is 0.429. The van der Waals surface area contributed by atoms with Crippen LogP contribution in [0.2, 0.25) is 0 Å². The van der Waals surface area contributed by atoms with Gasteiger partial charge in [-0.3, -0.25) is 9.59 Å². The monoisotopic (exact) mass is 299 g/mol. The molecule has 1 aromatic carbocycles. The zero-order valence-corrected chi connectivity index (χ0v) is 12.9. The first-order valence-corrected chi connectivity index (χ1v) is 6.25. The Morgan fingerprint density at radius 1 is 1.30 bits per heavy atom. The lowest BCUT2D eigenvalue weighted by Gasteiger charge is -2.20. The average Bonchev–Trinajstić information content (AvgIpc) is 2.45. The van der Waals surface area contributed by atoms with Crippen molar-refractivity contribution >= 4 is 24.2 Å². The van der Waals surface area contributed by atoms with E-state index < -0.39 is 0 Å². The summed E-state index contributed by atoms with van der Waals surface area (Å²) in [5.74, 6) is -0.263. The Morgan fingerprint density at radius 3 is 2.30 bits per heavy atom. The van der Waals surface area contributed by atoms with E-state index in [0.717, 1.165) is 5.56 Å². The minimum atomic E-state index is -0.171. The molecule has 1 atom stereocenters. The summed E-state index contributed by atoms with van der Waals surface area (Å²) in [6, 6.07) is 7.20. The summed E-state index contributed by atoms with van der Waals surface area (Å²) >= 11 is 0. The summed E-state index contributed by atoms with van der Waals surface area (Å²) in [6.07, 6.45) is 0. The maximum Gasteiger partial charge on any atom is 0.251 e. The number of nitrogens with one attached hydrogen (secondary N) is 1. The van der Waals surface area contributed by atoms with Crippen LogP contribution in [-0.2, 0) is 11.3 Å². The third-order valence-electron chi connectivity index (χ3n) is 3.01. The lowest BCUT2D eigenvalue weighted by atomic mass is 10.1. The molecule has 0 aliphatic rings. The molecule has 0 radical (unpaired) electrons. The van der Waals surface area contributed by atoms with Crippen LogP contribution >= 0.6 is 12.4 Å². The van der Waals surface area contributed by atoms with Crippen molar-refractivity contribution < 1.29 is 9.59 Å². The van der Waals surface area contributed by atoms with Crippen LogP contribution in [0.1, 0.15) is 22.8 Å². The van der Waals surface area contributed by atoms with Gasteiger partial charge in [-0.1, -0.05) is 19.1 Å². The molecule has 0 saturated heterocycles. The van der Waals surface area contributed by atoms with Gasteiger partial charge in [0.2, 0.25) is 5.91 Å². The van der Waals surface area contributed by atoms with Gasteiger partial charge < -0.3 is 16.0 Å². The molecule has 0 aliphatic heterocycles. The molecule has 1 unspecified atom stereocenters. The van der Waals surface area contributed by atoms with Gasteiger partial charge in [0.25, 0.3) is 5.91 Å². The van der Waals surface area contributed by atoms with E-state index in [1.54, 1.807) is 31.1 Å². The summed E-state index contributed by atoms with van der Waals surface area (Å²) in [4.78, 5) is 24.9. The SMILES string of the molecule is CNC(=O)c1ccc(CN(C)C(=O)C(C)CN)cc1.Cl. The predicted molar refractivity (Wildman–Crippen MR) is 81.8 cm³/mol. The molecule has 112 valence electrons. The van der Waals surface area contributed by atoms with Gasteiger partial charge in [-0.25, -0.2) is 0 Å². The highest BCUT2D eigenvalue weighted by atomic mass is 35.5. The van der Waals surface area contributed by atoms with Crippen LogP contribution in [0.15, 0.2) is 24.3 Å². The van der Waals surface area contributed by atoms with Gasteiger partial charge >= 0.3 is 0 Å². The average molecular weight is 300 g/mol. The highest BCUT2D eigenvalue weighted by molar-refractivity contribution is 5.93. The van der Waals surface area contributed by atoms with E-state index in [2.05, 4.69) is 5.32 Å². The van der Waals surface area contributed by atoms with Crippen molar-refractivity contribution in [1.82, 2.24) is 10.2 Å². The number of benzene rings is 1. The first-order chi connectivity index (χ1) is 8.99. The smallest absolute Gasteiger partial charge is 0.251 e. The van der Waals surface area contributed by atoms with Crippen molar-refractivity contribution in [2.24, 2.45) is 11.7 Å². The fourth-order valence-corrected chi connectivity index (χ4v) is 1.73. The van der Waals surface area contributed by atoms with Crippen molar-refractivity contribution in [2.45, 2.75) is 13.5 Å². The summed E-state index contributed by atoms with van der Waals surface area (Å²) in [7, 11) is 3.35. The number of rotatable bonds is 5. The highest BCUT2D eigenvalue weighted by Gasteiger charge is 2.16. The predicted octanol–water partition coefficient (Wildman–Crippen LogP) is 1.02. The van der Waals surface area contributed by atoms with E-state index in [-0.39, 0.29) is 30.1 Å². The Balaban J connectivity index is 0.00000361. The molecule has 1 aromatic rings. The maximum atomic E-state index is 11.9. The fourth-order valence-electron chi connectivity index (χ4n) is 1.73. The molecular weight excluding hydrogens is 278 g/mol. The van der Waals surface area contributed by atoms with Crippen LogP contribution < -0.4 is 11.1 Å². The zero-order chi connectivity index (χ0) is 14.4. The Morgan fingerprint density at radius 2 is 1.85 bits per heavy atom. The molecule has 0 heterocycles. The third-order valence-corrected chi connectivity index (χ3v) is 3.01. The van der Waals surface area contributed by atoms with Crippen molar-refractivity contribution in [3.05, 3.63) is 35.4 Å². The van der Waals surface area contributed by atoms with Gasteiger partial charge in [0.15, 0.2) is 0 Å². The highest BCUT2D eigenvalue weighted by Crippen LogP contribution is 2.09. The molecule has 3 N–H and O–H groups in total. The lowest BCUT2D eigenvalue weighted by Crippen LogP contribution is -2.34. The van der Waals surface area contributed by atoms with Crippen molar-refractivity contribution in [2.75, 3.05) is 20.6 Å². The molecule has 1 rings (SSSR count). The molecule has 20 heavy (non-hydrogen) atoms. The molecular formula is C14H22ClN3O2. The van der Waals surface area contributed by atoms with Gasteiger partial charge in [0.05, 0.1) is 0 Å². The van der Waals surface area contributed by atoms with Gasteiger partial charge in [0, 0.05) is 38.7 Å². The summed E-state index contributed by atoms with van der Waals surface area (Å²) < 4.78 is 0. The number of hydrogen-bond acceptors (Lipinski definition) is 3. The van der Waals surface area contributed by atoms with Crippen LogP contribution in [0.4, 0.5) is 0 Å². The van der Waals surface area contributed by atoms with E-state index in [9.17, 15) is 9.59 Å². The molecule has 5 nitrogen and oxygen atoms in total. The second-order valence-electron chi connectivity index (χ2n) is 4.61. The Labute approximate surface area is 125 Å². The standard InChI is InChI=1S/C14H21N3O2.ClH/c1-10(8-15)14(19)17(3)9-11-4-6-12(7-5-11)13(18)16-2;/h4-7,10H,8-9,15H2,1-3H3,(H,16,18);1H. The van der Waals surface area contributed by atoms with Gasteiger partial charge in [0.1, 0.15) is 0 Å². The van der Waals surface area contributed by atoms with Crippen LogP contribution in [0.25, 0.3) is 0 Å². The number of halogens is 1. The number of nitrogens with two attached hydrogens (primary N) is 1. The molecule has 0 spiro atoms. The molecule has 2 amide bonds. The van der Waals surface area contributed by atoms with Crippen molar-refractivity contribution in [3.8, 4) is 0 Å². The zero-order valence-electron chi connectivity index (χ0n) is 12.1. The molecule has 0 bridgehead atoms. The Kier molecular flexibility index (Phi) is 7.87. The minimum Gasteiger partial charge on any atom is -0.355 e. The first kappa shape index (κ1) is 18.4. The summed E-state index contributed by atoms with van der Waals surface area (Å²) in [6.45, 7) is 2.67. The quantitative estimate of drug-likeness (QED) is 0.852. The third kappa shape index (κ3) is 4.83. The Bertz CT molecular complexity index is 448. The van der Waals surface area contributed by atoms with Gasteiger partial charge in [-0.05, 0) is 17.7 Å². The largest absolute Gasteiger partial charge is 0.355 e. The van der Waals surface area contributed by atoms with Gasteiger partial charge in [-0.15, -0.1) is 12.4 Å². The van der Waals surface area contributed by atoms with E-state index in [0.29, 0.717) is 18.7 Å². The maximum absolute atomic E-state index is 11.9. The van der Waals surface area contributed by atoms with E-state index in [1.807, 2.05) is 19.1 Å². The number of carbonyl (C=O) groups excluding carboxylic acids is 2. The van der Waals surface area contributed by atoms with Crippen molar-refractivity contribution in [1.29, 1.82) is 0 Å². The number of amides is 2. The number of nitrogens with zero attached hydrogens (tertiary/aromatic N) is 1. The second kappa shape index (κ2) is 8.55. The van der Waals surface area contributed by atoms with Gasteiger partial charge in [-0.2, -0.15) is 0 Å². The van der Waals surface area contributed by atoms with Crippen LogP contribution in [0.3, 0.4) is 0 Å². The lowest BCUT2D eigenvalue weighted by molar-refractivity contribution is -0.133. The van der Waals surface area contributed by atoms with Crippen LogP contribution in [-0.4, -0.2) is 37.4 Å². The number of hydrogen-bond donors (Lipinski definition) is 2. The van der Waals surface area contributed by atoms with E-state index >= 15 is 0 Å². The van der Waals surface area contributed by atoms with Crippen LogP contribution in [0.5, 0.6) is 0 Å². The van der Waals surface area contributed by atoms with E-state index in [4.69, 9.17) is 5.73 Å². The van der Waals surface area contributed by atoms with Crippen LogP contribution in [0, 0.1) is 5.92 Å². The summed E-state index contributed by atoms with van der Waals surface area (Å²) in [5, 5.41) is 2.56. The minimum absolute atomic E-state index is 0. The normalized spacial score (nSPS) is 11.2. The van der Waals surface area contributed by atoms with Crippen molar-refractivity contribution in [3.63, 3.8) is 0 Å². The molecule has 0 aromatic heterocycles. The molecule has 0 fully saturated rings. The first-order valence-electron chi connectivity index (χ1n) is 6.25. The molecule has 6 heteroatoms. The Hall–Kier alpha value is -1.59. The van der Waals surface area contributed by atoms with E-state index in [1.165, 1.54) is 0 Å². The topological polar surface area (TPSA) is 75.4 Å². The molecule has 0 saturated carbocycles. The summed E-state index contributed by atoms with van der Waals surface area (Å²) in [5.41, 5.74) is 7.07. The molecule has 0 aliphatic carbocycles. The second-order valence-corrected chi connectivity index (χ2v) is 4.61.